The van der Waals surface area contributed by atoms with Crippen LogP contribution in [0, 0.1) is 0 Å². The van der Waals surface area contributed by atoms with Gasteiger partial charge in [-0.3, -0.25) is 0 Å². The van der Waals surface area contributed by atoms with Gasteiger partial charge in [-0.2, -0.15) is 11.3 Å². The summed E-state index contributed by atoms with van der Waals surface area (Å²) in [6.07, 6.45) is 1.35. The topological polar surface area (TPSA) is 108 Å². The summed E-state index contributed by atoms with van der Waals surface area (Å²) in [5, 5.41) is 26.1. The summed E-state index contributed by atoms with van der Waals surface area (Å²) in [7, 11) is 0. The lowest BCUT2D eigenvalue weighted by Gasteiger charge is -2.51. The first-order valence-corrected chi connectivity index (χ1v) is 9.85. The first-order valence-electron chi connectivity index (χ1n) is 8.91. The maximum Gasteiger partial charge on any atom is 0.405 e. The van der Waals surface area contributed by atoms with Crippen LogP contribution in [-0.4, -0.2) is 26.9 Å². The predicted octanol–water partition coefficient (Wildman–Crippen LogP) is 4.07. The van der Waals surface area contributed by atoms with Gasteiger partial charge in [-0.15, -0.1) is 0 Å². The van der Waals surface area contributed by atoms with Crippen molar-refractivity contribution in [3.8, 4) is 22.3 Å². The SMILES string of the molecule is C[C@]1(O)C[C@@](NC(=O)O)(c2ccc(-c3cnc(N)cc3-c3ccsc3)cc2)C1. The minimum absolute atomic E-state index is 0.342. The lowest BCUT2D eigenvalue weighted by molar-refractivity contribution is -0.0858. The normalized spacial score (nSPS) is 23.8. The number of benzene rings is 1. The van der Waals surface area contributed by atoms with Gasteiger partial charge in [0.1, 0.15) is 5.82 Å². The maximum absolute atomic E-state index is 11.3. The van der Waals surface area contributed by atoms with E-state index >= 15 is 0 Å². The van der Waals surface area contributed by atoms with Crippen LogP contribution < -0.4 is 11.1 Å². The van der Waals surface area contributed by atoms with Crippen LogP contribution >= 0.6 is 11.3 Å². The lowest BCUT2D eigenvalue weighted by atomic mass is 9.62. The second-order valence-corrected chi connectivity index (χ2v) is 8.39. The summed E-state index contributed by atoms with van der Waals surface area (Å²) in [6.45, 7) is 1.72. The van der Waals surface area contributed by atoms with E-state index in [1.165, 1.54) is 0 Å². The molecule has 2 heterocycles. The third-order valence-electron chi connectivity index (χ3n) is 5.22. The van der Waals surface area contributed by atoms with Crippen LogP contribution in [0.2, 0.25) is 0 Å². The number of hydrogen-bond acceptors (Lipinski definition) is 5. The average molecular weight is 395 g/mol. The Labute approximate surface area is 166 Å². The van der Waals surface area contributed by atoms with Gasteiger partial charge in [-0.05, 0) is 52.1 Å². The van der Waals surface area contributed by atoms with Crippen LogP contribution in [0.3, 0.4) is 0 Å². The fourth-order valence-corrected chi connectivity index (χ4v) is 4.80. The molecule has 0 atom stereocenters. The molecule has 1 aliphatic rings. The molecule has 1 fully saturated rings. The first-order chi connectivity index (χ1) is 13.3. The molecule has 0 aliphatic heterocycles. The van der Waals surface area contributed by atoms with Crippen molar-refractivity contribution < 1.29 is 15.0 Å². The number of thiophene rings is 1. The van der Waals surface area contributed by atoms with E-state index in [-0.39, 0.29) is 0 Å². The van der Waals surface area contributed by atoms with Crippen molar-refractivity contribution in [3.05, 3.63) is 58.9 Å². The molecule has 7 heteroatoms. The van der Waals surface area contributed by atoms with Gasteiger partial charge in [-0.1, -0.05) is 24.3 Å². The number of nitrogens with two attached hydrogens (primary N) is 1. The molecular weight excluding hydrogens is 374 g/mol. The Morgan fingerprint density at radius 1 is 1.18 bits per heavy atom. The summed E-state index contributed by atoms with van der Waals surface area (Å²) in [5.41, 5.74) is 9.12. The zero-order valence-corrected chi connectivity index (χ0v) is 16.2. The number of carboxylic acid groups (broad SMARTS) is 1. The molecule has 4 rings (SSSR count). The molecule has 1 saturated carbocycles. The Bertz CT molecular complexity index is 1010. The molecule has 3 aromatic rings. The average Bonchev–Trinajstić information content (AvgIpc) is 3.14. The van der Waals surface area contributed by atoms with E-state index in [1.807, 2.05) is 41.8 Å². The van der Waals surface area contributed by atoms with Gasteiger partial charge in [0.05, 0.1) is 11.1 Å². The second kappa shape index (κ2) is 6.61. The Kier molecular flexibility index (Phi) is 4.36. The number of nitrogens with one attached hydrogen (secondary N) is 1. The number of hydrogen-bond donors (Lipinski definition) is 4. The van der Waals surface area contributed by atoms with Gasteiger partial charge in [-0.25, -0.2) is 9.78 Å². The fourth-order valence-electron chi connectivity index (χ4n) is 4.14. The van der Waals surface area contributed by atoms with Crippen LogP contribution in [0.1, 0.15) is 25.3 Å². The molecular formula is C21H21N3O3S. The van der Waals surface area contributed by atoms with Crippen LogP contribution in [0.5, 0.6) is 0 Å². The Morgan fingerprint density at radius 2 is 1.89 bits per heavy atom. The van der Waals surface area contributed by atoms with Crippen molar-refractivity contribution in [2.75, 3.05) is 5.73 Å². The van der Waals surface area contributed by atoms with E-state index in [1.54, 1.807) is 24.5 Å². The maximum atomic E-state index is 11.3. The van der Waals surface area contributed by atoms with Crippen LogP contribution in [-0.2, 0) is 5.54 Å². The molecule has 1 amide bonds. The quantitative estimate of drug-likeness (QED) is 0.533. The highest BCUT2D eigenvalue weighted by molar-refractivity contribution is 7.08. The van der Waals surface area contributed by atoms with E-state index in [0.29, 0.717) is 18.7 Å². The molecule has 2 aromatic heterocycles. The third-order valence-corrected chi connectivity index (χ3v) is 5.90. The third kappa shape index (κ3) is 3.34. The van der Waals surface area contributed by atoms with Crippen LogP contribution in [0.15, 0.2) is 53.4 Å². The molecule has 5 N–H and O–H groups in total. The summed E-state index contributed by atoms with van der Waals surface area (Å²) in [5.74, 6) is 0.461. The van der Waals surface area contributed by atoms with Gasteiger partial charge in [0.15, 0.2) is 0 Å². The molecule has 0 spiro atoms. The zero-order chi connectivity index (χ0) is 19.9. The van der Waals surface area contributed by atoms with Crippen molar-refractivity contribution in [1.82, 2.24) is 10.3 Å². The Hall–Kier alpha value is -2.90. The van der Waals surface area contributed by atoms with E-state index in [0.717, 1.165) is 27.8 Å². The highest BCUT2D eigenvalue weighted by Gasteiger charge is 2.53. The minimum Gasteiger partial charge on any atom is -0.465 e. The van der Waals surface area contributed by atoms with Crippen LogP contribution in [0.4, 0.5) is 10.6 Å². The number of aromatic nitrogens is 1. The minimum atomic E-state index is -1.10. The van der Waals surface area contributed by atoms with E-state index in [9.17, 15) is 15.0 Å². The Morgan fingerprint density at radius 3 is 2.46 bits per heavy atom. The first kappa shape index (κ1) is 18.5. The number of amides is 1. The van der Waals surface area contributed by atoms with Crippen molar-refractivity contribution in [2.45, 2.75) is 30.9 Å². The molecule has 28 heavy (non-hydrogen) atoms. The zero-order valence-electron chi connectivity index (χ0n) is 15.3. The standard InChI is InChI=1S/C21H21N3O3S/c1-20(27)11-21(12-20,24-19(25)26)15-4-2-13(3-5-15)17-9-23-18(22)8-16(17)14-6-7-28-10-14/h2-10,24,27H,11-12H2,1H3,(H2,22,23)(H,25,26)/t20-,21-. The predicted molar refractivity (Wildman–Crippen MR) is 110 cm³/mol. The largest absolute Gasteiger partial charge is 0.465 e. The van der Waals surface area contributed by atoms with Gasteiger partial charge in [0.25, 0.3) is 0 Å². The number of rotatable bonds is 4. The number of carbonyl (C=O) groups is 1. The van der Waals surface area contributed by atoms with Gasteiger partial charge < -0.3 is 21.3 Å². The smallest absolute Gasteiger partial charge is 0.405 e. The van der Waals surface area contributed by atoms with Crippen molar-refractivity contribution in [3.63, 3.8) is 0 Å². The number of nitrogens with zero attached hydrogens (tertiary/aromatic N) is 1. The molecule has 1 aromatic carbocycles. The number of anilines is 1. The molecule has 1 aliphatic carbocycles. The van der Waals surface area contributed by atoms with Gasteiger partial charge in [0.2, 0.25) is 0 Å². The molecule has 0 unspecified atom stereocenters. The van der Waals surface area contributed by atoms with Crippen molar-refractivity contribution in [2.24, 2.45) is 0 Å². The monoisotopic (exact) mass is 395 g/mol. The molecule has 0 saturated heterocycles. The highest BCUT2D eigenvalue weighted by atomic mass is 32.1. The van der Waals surface area contributed by atoms with Crippen LogP contribution in [0.25, 0.3) is 22.3 Å². The fraction of sp³-hybridized carbons (Fsp3) is 0.238. The second-order valence-electron chi connectivity index (χ2n) is 7.61. The number of nitrogen functional groups attached to an aromatic ring is 1. The number of aliphatic hydroxyl groups is 1. The van der Waals surface area contributed by atoms with E-state index in [4.69, 9.17) is 5.73 Å². The lowest BCUT2D eigenvalue weighted by Crippen LogP contribution is -2.61. The van der Waals surface area contributed by atoms with Crippen molar-refractivity contribution in [1.29, 1.82) is 0 Å². The molecule has 144 valence electrons. The Balaban J connectivity index is 1.71. The number of pyridine rings is 1. The summed E-state index contributed by atoms with van der Waals surface area (Å²) >= 11 is 1.62. The van der Waals surface area contributed by atoms with Gasteiger partial charge in [0, 0.05) is 24.6 Å². The van der Waals surface area contributed by atoms with E-state index in [2.05, 4.69) is 15.7 Å². The van der Waals surface area contributed by atoms with Gasteiger partial charge >= 0.3 is 6.09 Å². The summed E-state index contributed by atoms with van der Waals surface area (Å²) in [4.78, 5) is 15.5. The molecule has 0 bridgehead atoms. The molecule has 6 nitrogen and oxygen atoms in total. The molecule has 0 radical (unpaired) electrons. The van der Waals surface area contributed by atoms with E-state index < -0.39 is 17.2 Å². The van der Waals surface area contributed by atoms with Crippen molar-refractivity contribution >= 4 is 23.2 Å². The highest BCUT2D eigenvalue weighted by Crippen LogP contribution is 2.48. The summed E-state index contributed by atoms with van der Waals surface area (Å²) < 4.78 is 0. The summed E-state index contributed by atoms with van der Waals surface area (Å²) in [6, 6.07) is 11.6.